The molecule has 0 spiro atoms. The maximum absolute atomic E-state index is 12.9. The second-order valence-electron chi connectivity index (χ2n) is 7.73. The summed E-state index contributed by atoms with van der Waals surface area (Å²) in [6.07, 6.45) is 5.55. The quantitative estimate of drug-likeness (QED) is 0.471. The molecule has 3 rings (SSSR count). The van der Waals surface area contributed by atoms with Crippen molar-refractivity contribution in [1.82, 2.24) is 25.1 Å². The first kappa shape index (κ1) is 25.9. The number of imidazole rings is 1. The molecule has 0 radical (unpaired) electrons. The van der Waals surface area contributed by atoms with Gasteiger partial charge in [-0.3, -0.25) is 0 Å². The van der Waals surface area contributed by atoms with E-state index in [0.29, 0.717) is 34.4 Å². The van der Waals surface area contributed by atoms with Crippen molar-refractivity contribution in [3.05, 3.63) is 46.7 Å². The molecule has 3 aromatic heterocycles. The van der Waals surface area contributed by atoms with E-state index in [9.17, 15) is 12.8 Å². The van der Waals surface area contributed by atoms with Gasteiger partial charge in [0, 0.05) is 19.1 Å². The first-order chi connectivity index (χ1) is 15.0. The molecule has 0 saturated heterocycles. The molecular weight excluding hydrogens is 457 g/mol. The lowest BCUT2D eigenvalue weighted by Gasteiger charge is -2.21. The summed E-state index contributed by atoms with van der Waals surface area (Å²) in [5, 5.41) is 3.93. The van der Waals surface area contributed by atoms with E-state index in [4.69, 9.17) is 11.6 Å². The summed E-state index contributed by atoms with van der Waals surface area (Å²) >= 11 is 6.31. The van der Waals surface area contributed by atoms with E-state index in [1.54, 1.807) is 13.0 Å². The van der Waals surface area contributed by atoms with Gasteiger partial charge >= 0.3 is 0 Å². The molecular formula is C21H29ClFN5O3S. The minimum absolute atomic E-state index is 0.162. The third-order valence-electron chi connectivity index (χ3n) is 4.92. The molecule has 0 aliphatic heterocycles. The molecule has 32 heavy (non-hydrogen) atoms. The van der Waals surface area contributed by atoms with Gasteiger partial charge in [0.25, 0.3) is 0 Å². The van der Waals surface area contributed by atoms with Crippen molar-refractivity contribution in [2.75, 3.05) is 6.26 Å². The van der Waals surface area contributed by atoms with Gasteiger partial charge in [0.15, 0.2) is 26.6 Å². The molecule has 0 aliphatic carbocycles. The molecule has 2 atom stereocenters. The average Bonchev–Trinajstić information content (AvgIpc) is 3.30. The molecule has 11 heteroatoms. The van der Waals surface area contributed by atoms with Crippen molar-refractivity contribution >= 4 is 21.4 Å². The van der Waals surface area contributed by atoms with Crippen LogP contribution in [0.3, 0.4) is 0 Å². The highest BCUT2D eigenvalue weighted by Crippen LogP contribution is 2.35. The molecule has 0 amide bonds. The van der Waals surface area contributed by atoms with Crippen LogP contribution < -0.4 is 0 Å². The Morgan fingerprint density at radius 3 is 2.47 bits per heavy atom. The number of hydrogen-bond acceptors (Lipinski definition) is 7. The minimum atomic E-state index is -3.05. The molecule has 0 fully saturated rings. The Bertz CT molecular complexity index is 1100. The van der Waals surface area contributed by atoms with Gasteiger partial charge in [0.1, 0.15) is 17.3 Å². The Balaban J connectivity index is 0.000000278. The van der Waals surface area contributed by atoms with E-state index in [1.807, 2.05) is 0 Å². The summed E-state index contributed by atoms with van der Waals surface area (Å²) in [5.74, 6) is 1.55. The number of H-pyrrole nitrogens is 1. The number of aromatic amines is 1. The smallest absolute Gasteiger partial charge is 0.223 e. The van der Waals surface area contributed by atoms with Gasteiger partial charge in [-0.15, -0.1) is 0 Å². The van der Waals surface area contributed by atoms with Gasteiger partial charge < -0.3 is 9.51 Å². The SMILES string of the molecule is CCC[C@@H](c1[nH]c(-c2ccc(F)cn2)nc1Cl)[C@@H](C)CC.Cc1nc(CS(C)(=O)=O)no1. The van der Waals surface area contributed by atoms with Gasteiger partial charge in [-0.1, -0.05) is 50.4 Å². The number of sulfone groups is 1. The second kappa shape index (κ2) is 11.5. The van der Waals surface area contributed by atoms with Crippen molar-refractivity contribution in [2.24, 2.45) is 5.92 Å². The topological polar surface area (TPSA) is 115 Å². The number of halogens is 2. The third-order valence-corrected chi connectivity index (χ3v) is 5.99. The van der Waals surface area contributed by atoms with Gasteiger partial charge in [0.05, 0.1) is 11.9 Å². The van der Waals surface area contributed by atoms with Crippen LogP contribution >= 0.6 is 11.6 Å². The Hall–Kier alpha value is -2.33. The van der Waals surface area contributed by atoms with E-state index in [2.05, 4.69) is 50.4 Å². The highest BCUT2D eigenvalue weighted by Gasteiger charge is 2.23. The Morgan fingerprint density at radius 1 is 1.25 bits per heavy atom. The zero-order valence-corrected chi connectivity index (χ0v) is 20.5. The van der Waals surface area contributed by atoms with Crippen molar-refractivity contribution in [2.45, 2.75) is 58.6 Å². The number of rotatable bonds is 8. The molecule has 176 valence electrons. The molecule has 0 saturated carbocycles. The minimum Gasteiger partial charge on any atom is -0.340 e. The van der Waals surface area contributed by atoms with Crippen LogP contribution in [0.4, 0.5) is 4.39 Å². The van der Waals surface area contributed by atoms with E-state index in [1.165, 1.54) is 12.3 Å². The molecule has 0 aromatic carbocycles. The zero-order chi connectivity index (χ0) is 23.9. The van der Waals surface area contributed by atoms with Crippen molar-refractivity contribution in [1.29, 1.82) is 0 Å². The highest BCUT2D eigenvalue weighted by atomic mass is 35.5. The number of aromatic nitrogens is 5. The third kappa shape index (κ3) is 7.67. The van der Waals surface area contributed by atoms with Crippen LogP contribution in [0.5, 0.6) is 0 Å². The first-order valence-electron chi connectivity index (χ1n) is 10.4. The molecule has 0 aliphatic rings. The Labute approximate surface area is 192 Å². The zero-order valence-electron chi connectivity index (χ0n) is 18.9. The largest absolute Gasteiger partial charge is 0.340 e. The highest BCUT2D eigenvalue weighted by molar-refractivity contribution is 7.89. The van der Waals surface area contributed by atoms with Crippen molar-refractivity contribution in [3.8, 4) is 11.5 Å². The van der Waals surface area contributed by atoms with Crippen LogP contribution in [0.1, 0.15) is 63.4 Å². The summed E-state index contributed by atoms with van der Waals surface area (Å²) < 4.78 is 38.9. The number of nitrogens with zero attached hydrogens (tertiary/aromatic N) is 4. The van der Waals surface area contributed by atoms with Crippen LogP contribution in [0.25, 0.3) is 11.5 Å². The fourth-order valence-electron chi connectivity index (χ4n) is 3.19. The number of pyridine rings is 1. The maximum atomic E-state index is 12.9. The average molecular weight is 486 g/mol. The van der Waals surface area contributed by atoms with Gasteiger partial charge in [-0.05, 0) is 24.5 Å². The fraction of sp³-hybridized carbons (Fsp3) is 0.524. The van der Waals surface area contributed by atoms with E-state index >= 15 is 0 Å². The summed E-state index contributed by atoms with van der Waals surface area (Å²) in [4.78, 5) is 15.4. The normalized spacial score (nSPS) is 13.3. The maximum Gasteiger partial charge on any atom is 0.223 e. The lowest BCUT2D eigenvalue weighted by molar-refractivity contribution is 0.389. The number of aryl methyl sites for hydroxylation is 1. The van der Waals surface area contributed by atoms with Crippen LogP contribution in [0.15, 0.2) is 22.9 Å². The Kier molecular flexibility index (Phi) is 9.33. The van der Waals surface area contributed by atoms with Crippen molar-refractivity contribution < 1.29 is 17.3 Å². The van der Waals surface area contributed by atoms with Crippen LogP contribution in [-0.4, -0.2) is 39.8 Å². The fourth-order valence-corrected chi connectivity index (χ4v) is 4.05. The molecule has 0 bridgehead atoms. The lowest BCUT2D eigenvalue weighted by Crippen LogP contribution is -2.10. The van der Waals surface area contributed by atoms with E-state index in [-0.39, 0.29) is 17.4 Å². The number of hydrogen-bond donors (Lipinski definition) is 1. The van der Waals surface area contributed by atoms with Crippen molar-refractivity contribution in [3.63, 3.8) is 0 Å². The predicted octanol–water partition coefficient (Wildman–Crippen LogP) is 5.12. The van der Waals surface area contributed by atoms with Gasteiger partial charge in [-0.25, -0.2) is 22.8 Å². The number of nitrogens with one attached hydrogen (secondary N) is 1. The van der Waals surface area contributed by atoms with E-state index in [0.717, 1.165) is 31.2 Å². The summed E-state index contributed by atoms with van der Waals surface area (Å²) in [6, 6.07) is 2.98. The summed E-state index contributed by atoms with van der Waals surface area (Å²) in [5.41, 5.74) is 1.57. The predicted molar refractivity (Wildman–Crippen MR) is 121 cm³/mol. The first-order valence-corrected chi connectivity index (χ1v) is 12.8. The molecule has 8 nitrogen and oxygen atoms in total. The van der Waals surface area contributed by atoms with Crippen LogP contribution in [0, 0.1) is 18.7 Å². The molecule has 1 N–H and O–H groups in total. The summed E-state index contributed by atoms with van der Waals surface area (Å²) in [6.45, 7) is 8.19. The standard InChI is InChI=1S/C16H21ClFN3.C5H8N2O3S/c1-4-6-12(10(3)5-2)14-15(17)21-16(20-14)13-8-7-11(18)9-19-13;1-4-6-5(7-10-4)3-11(2,8)9/h7-10,12H,4-6H2,1-3H3,(H,20,21);3H2,1-2H3/t10-,12+;/m0./s1. The summed E-state index contributed by atoms with van der Waals surface area (Å²) in [7, 11) is -3.05. The van der Waals surface area contributed by atoms with E-state index < -0.39 is 9.84 Å². The second-order valence-corrected chi connectivity index (χ2v) is 10.2. The molecule has 3 aromatic rings. The lowest BCUT2D eigenvalue weighted by atomic mass is 9.86. The molecule has 0 unspecified atom stereocenters. The molecule has 3 heterocycles. The Morgan fingerprint density at radius 2 is 1.97 bits per heavy atom. The van der Waals surface area contributed by atoms with Gasteiger partial charge in [0.2, 0.25) is 5.89 Å². The van der Waals surface area contributed by atoms with Crippen LogP contribution in [0.2, 0.25) is 5.15 Å². The monoisotopic (exact) mass is 485 g/mol. The van der Waals surface area contributed by atoms with Crippen LogP contribution in [-0.2, 0) is 15.6 Å². The van der Waals surface area contributed by atoms with Gasteiger partial charge in [-0.2, -0.15) is 4.98 Å².